The highest BCUT2D eigenvalue weighted by Crippen LogP contribution is 2.34. The molecule has 26 heavy (non-hydrogen) atoms. The van der Waals surface area contributed by atoms with E-state index in [1.165, 1.54) is 31.7 Å². The second-order valence-electron chi connectivity index (χ2n) is 7.15. The number of nitrogens with zero attached hydrogens (tertiary/aromatic N) is 4. The molecular formula is C18H22F2N6. The van der Waals surface area contributed by atoms with E-state index in [0.29, 0.717) is 35.3 Å². The molecule has 1 atom stereocenters. The maximum absolute atomic E-state index is 13.0. The molecule has 2 aromatic rings. The number of halogens is 2. The van der Waals surface area contributed by atoms with Crippen LogP contribution in [0.4, 0.5) is 20.7 Å². The number of alkyl halides is 2. The normalized spacial score (nSPS) is 18.0. The lowest BCUT2D eigenvalue weighted by Gasteiger charge is -2.14. The van der Waals surface area contributed by atoms with E-state index in [1.54, 1.807) is 12.1 Å². The maximum atomic E-state index is 13.0. The summed E-state index contributed by atoms with van der Waals surface area (Å²) in [5.41, 5.74) is 0.0399. The Labute approximate surface area is 150 Å². The van der Waals surface area contributed by atoms with Crippen LogP contribution in [0.1, 0.15) is 44.7 Å². The third-order valence-electron chi connectivity index (χ3n) is 4.79. The van der Waals surface area contributed by atoms with Crippen LogP contribution < -0.4 is 10.6 Å². The zero-order valence-electron chi connectivity index (χ0n) is 14.6. The largest absolute Gasteiger partial charge is 0.354 e. The van der Waals surface area contributed by atoms with Crippen LogP contribution in [0.25, 0.3) is 11.5 Å². The minimum absolute atomic E-state index is 0.266. The third kappa shape index (κ3) is 4.23. The van der Waals surface area contributed by atoms with E-state index in [-0.39, 0.29) is 11.7 Å². The van der Waals surface area contributed by atoms with Crippen LogP contribution in [0.2, 0.25) is 0 Å². The van der Waals surface area contributed by atoms with Crippen molar-refractivity contribution in [2.24, 2.45) is 11.8 Å². The minimum Gasteiger partial charge on any atom is -0.354 e. The lowest BCUT2D eigenvalue weighted by Crippen LogP contribution is -2.20. The van der Waals surface area contributed by atoms with Gasteiger partial charge in [-0.2, -0.15) is 15.0 Å². The molecule has 0 saturated heterocycles. The fraction of sp³-hybridized carbons (Fsp3) is 0.556. The second-order valence-corrected chi connectivity index (χ2v) is 7.15. The SMILES string of the molecule is CC(Nc1nc(NCC2CC2)nc(-c2cccc(C(F)F)n2)n1)C1CC1. The average molecular weight is 360 g/mol. The zero-order chi connectivity index (χ0) is 18.1. The molecular weight excluding hydrogens is 338 g/mol. The van der Waals surface area contributed by atoms with E-state index in [2.05, 4.69) is 37.5 Å². The Morgan fingerprint density at radius 1 is 1.04 bits per heavy atom. The lowest BCUT2D eigenvalue weighted by molar-refractivity contribution is 0.146. The van der Waals surface area contributed by atoms with Gasteiger partial charge in [-0.1, -0.05) is 6.07 Å². The van der Waals surface area contributed by atoms with Gasteiger partial charge in [-0.3, -0.25) is 0 Å². The third-order valence-corrected chi connectivity index (χ3v) is 4.79. The van der Waals surface area contributed by atoms with Crippen LogP contribution in [-0.2, 0) is 0 Å². The Hall–Kier alpha value is -2.38. The highest BCUT2D eigenvalue weighted by atomic mass is 19.3. The van der Waals surface area contributed by atoms with Gasteiger partial charge in [0.15, 0.2) is 5.82 Å². The molecule has 0 aromatic carbocycles. The molecule has 2 aromatic heterocycles. The van der Waals surface area contributed by atoms with Crippen LogP contribution in [-0.4, -0.2) is 32.5 Å². The van der Waals surface area contributed by atoms with Gasteiger partial charge in [0, 0.05) is 12.6 Å². The maximum Gasteiger partial charge on any atom is 0.280 e. The molecule has 2 aliphatic carbocycles. The van der Waals surface area contributed by atoms with Crippen molar-refractivity contribution >= 4 is 11.9 Å². The van der Waals surface area contributed by atoms with E-state index in [0.717, 1.165) is 6.54 Å². The van der Waals surface area contributed by atoms with Crippen molar-refractivity contribution in [1.82, 2.24) is 19.9 Å². The molecule has 1 unspecified atom stereocenters. The van der Waals surface area contributed by atoms with Gasteiger partial charge >= 0.3 is 0 Å². The number of hydrogen-bond acceptors (Lipinski definition) is 6. The van der Waals surface area contributed by atoms with Crippen LogP contribution >= 0.6 is 0 Å². The molecule has 2 heterocycles. The first-order chi connectivity index (χ1) is 12.6. The van der Waals surface area contributed by atoms with Gasteiger partial charge in [0.1, 0.15) is 11.4 Å². The molecule has 8 heteroatoms. The standard InChI is InChI=1S/C18H22F2N6/c1-10(12-7-8-12)22-18-25-16(14-4-2-3-13(23-14)15(19)20)24-17(26-18)21-9-11-5-6-11/h2-4,10-12,15H,5-9H2,1H3,(H2,21,22,24,25,26). The number of pyridine rings is 1. The Morgan fingerprint density at radius 3 is 2.50 bits per heavy atom. The van der Waals surface area contributed by atoms with Crippen LogP contribution in [0.5, 0.6) is 0 Å². The van der Waals surface area contributed by atoms with Gasteiger partial charge < -0.3 is 10.6 Å². The molecule has 0 bridgehead atoms. The molecule has 2 fully saturated rings. The predicted octanol–water partition coefficient (Wildman–Crippen LogP) is 3.90. The van der Waals surface area contributed by atoms with E-state index in [9.17, 15) is 8.78 Å². The summed E-state index contributed by atoms with van der Waals surface area (Å²) < 4.78 is 25.9. The minimum atomic E-state index is -2.63. The van der Waals surface area contributed by atoms with Crippen molar-refractivity contribution in [2.75, 3.05) is 17.2 Å². The Balaban J connectivity index is 1.62. The second kappa shape index (κ2) is 7.09. The Kier molecular flexibility index (Phi) is 4.65. The summed E-state index contributed by atoms with van der Waals surface area (Å²) in [5, 5.41) is 6.55. The predicted molar refractivity (Wildman–Crippen MR) is 95.0 cm³/mol. The van der Waals surface area contributed by atoms with Gasteiger partial charge in [-0.05, 0) is 56.6 Å². The van der Waals surface area contributed by atoms with Crippen LogP contribution in [0.15, 0.2) is 18.2 Å². The molecule has 0 amide bonds. The molecule has 0 radical (unpaired) electrons. The first kappa shape index (κ1) is 17.1. The number of anilines is 2. The number of rotatable bonds is 8. The summed E-state index contributed by atoms with van der Waals surface area (Å²) in [6, 6.07) is 4.75. The molecule has 4 rings (SSSR count). The van der Waals surface area contributed by atoms with Crippen molar-refractivity contribution in [3.05, 3.63) is 23.9 Å². The summed E-state index contributed by atoms with van der Waals surface area (Å²) in [4.78, 5) is 17.3. The monoisotopic (exact) mass is 360 g/mol. The fourth-order valence-corrected chi connectivity index (χ4v) is 2.81. The van der Waals surface area contributed by atoms with Gasteiger partial charge in [0.05, 0.1) is 0 Å². The molecule has 6 nitrogen and oxygen atoms in total. The van der Waals surface area contributed by atoms with E-state index < -0.39 is 6.43 Å². The molecule has 2 N–H and O–H groups in total. The van der Waals surface area contributed by atoms with E-state index in [1.807, 2.05) is 0 Å². The molecule has 0 spiro atoms. The van der Waals surface area contributed by atoms with Crippen LogP contribution in [0, 0.1) is 11.8 Å². The van der Waals surface area contributed by atoms with Crippen molar-refractivity contribution < 1.29 is 8.78 Å². The number of nitrogens with one attached hydrogen (secondary N) is 2. The summed E-state index contributed by atoms with van der Waals surface area (Å²) in [6.07, 6.45) is 2.21. The zero-order valence-corrected chi connectivity index (χ0v) is 14.6. The van der Waals surface area contributed by atoms with Crippen molar-refractivity contribution in [2.45, 2.75) is 45.1 Å². The van der Waals surface area contributed by atoms with Gasteiger partial charge in [0.2, 0.25) is 11.9 Å². The number of hydrogen-bond donors (Lipinski definition) is 2. The van der Waals surface area contributed by atoms with Gasteiger partial charge in [-0.25, -0.2) is 13.8 Å². The summed E-state index contributed by atoms with van der Waals surface area (Å²) in [7, 11) is 0. The molecule has 2 aliphatic rings. The highest BCUT2D eigenvalue weighted by molar-refractivity contribution is 5.54. The topological polar surface area (TPSA) is 75.6 Å². The van der Waals surface area contributed by atoms with E-state index >= 15 is 0 Å². The quantitative estimate of drug-likeness (QED) is 0.743. The molecule has 0 aliphatic heterocycles. The highest BCUT2D eigenvalue weighted by Gasteiger charge is 2.28. The number of aromatic nitrogens is 4. The van der Waals surface area contributed by atoms with Crippen molar-refractivity contribution in [1.29, 1.82) is 0 Å². The average Bonchev–Trinajstić information content (AvgIpc) is 3.53. The summed E-state index contributed by atoms with van der Waals surface area (Å²) in [5.74, 6) is 2.51. The smallest absolute Gasteiger partial charge is 0.280 e. The molecule has 138 valence electrons. The Morgan fingerprint density at radius 2 is 1.81 bits per heavy atom. The molecule has 2 saturated carbocycles. The summed E-state index contributed by atoms with van der Waals surface area (Å²) in [6.45, 7) is 2.92. The lowest BCUT2D eigenvalue weighted by atomic mass is 10.2. The van der Waals surface area contributed by atoms with Gasteiger partial charge in [-0.15, -0.1) is 0 Å². The first-order valence-corrected chi connectivity index (χ1v) is 9.10. The van der Waals surface area contributed by atoms with Crippen molar-refractivity contribution in [3.8, 4) is 11.5 Å². The summed E-state index contributed by atoms with van der Waals surface area (Å²) >= 11 is 0. The van der Waals surface area contributed by atoms with E-state index in [4.69, 9.17) is 0 Å². The Bertz CT molecular complexity index is 776. The fourth-order valence-electron chi connectivity index (χ4n) is 2.81. The van der Waals surface area contributed by atoms with Crippen molar-refractivity contribution in [3.63, 3.8) is 0 Å². The van der Waals surface area contributed by atoms with Gasteiger partial charge in [0.25, 0.3) is 6.43 Å². The first-order valence-electron chi connectivity index (χ1n) is 9.10. The van der Waals surface area contributed by atoms with Crippen LogP contribution in [0.3, 0.4) is 0 Å².